The van der Waals surface area contributed by atoms with Gasteiger partial charge in [-0.2, -0.15) is 0 Å². The van der Waals surface area contributed by atoms with E-state index in [4.69, 9.17) is 0 Å². The summed E-state index contributed by atoms with van der Waals surface area (Å²) in [6.07, 6.45) is 1.57. The van der Waals surface area contributed by atoms with E-state index in [2.05, 4.69) is 38.1 Å². The molecule has 0 aliphatic heterocycles. The third kappa shape index (κ3) is 1.35. The second-order valence-electron chi connectivity index (χ2n) is 3.04. The number of benzene rings is 1. The van der Waals surface area contributed by atoms with E-state index in [-0.39, 0.29) is 0 Å². The molecule has 0 atom stereocenters. The first kappa shape index (κ1) is 9.40. The van der Waals surface area contributed by atoms with Crippen LogP contribution in [0.3, 0.4) is 0 Å². The van der Waals surface area contributed by atoms with Gasteiger partial charge in [-0.05, 0) is 24.6 Å². The van der Waals surface area contributed by atoms with E-state index >= 15 is 0 Å². The van der Waals surface area contributed by atoms with Crippen molar-refractivity contribution < 1.29 is 0 Å². The van der Waals surface area contributed by atoms with Crippen LogP contribution < -0.4 is 5.32 Å². The molecule has 0 saturated carbocycles. The van der Waals surface area contributed by atoms with Gasteiger partial charge in [0.15, 0.2) is 0 Å². The van der Waals surface area contributed by atoms with Crippen LogP contribution in [-0.2, 0) is 0 Å². The van der Waals surface area contributed by atoms with Crippen molar-refractivity contribution in [2.75, 3.05) is 12.4 Å². The fourth-order valence-corrected chi connectivity index (χ4v) is 1.81. The van der Waals surface area contributed by atoms with Gasteiger partial charge in [0.2, 0.25) is 0 Å². The maximum absolute atomic E-state index is 4.22. The lowest BCUT2D eigenvalue weighted by atomic mass is 10.1. The molecule has 0 saturated heterocycles. The molecule has 1 aromatic carbocycles. The van der Waals surface area contributed by atoms with E-state index in [1.807, 2.05) is 19.2 Å². The molecular weight excluding hydrogens is 242 g/mol. The monoisotopic (exact) mass is 251 g/mol. The molecule has 0 bridgehead atoms. The highest BCUT2D eigenvalue weighted by molar-refractivity contribution is 9.10. The van der Waals surface area contributed by atoms with Gasteiger partial charge in [-0.3, -0.25) is 0 Å². The zero-order chi connectivity index (χ0) is 10.1. The molecular formula is C10H10BrN3. The summed E-state index contributed by atoms with van der Waals surface area (Å²) in [6.45, 7) is 2.05. The van der Waals surface area contributed by atoms with E-state index in [0.29, 0.717) is 0 Å². The average molecular weight is 252 g/mol. The fraction of sp³-hybridized carbons (Fsp3) is 0.200. The van der Waals surface area contributed by atoms with E-state index in [1.165, 1.54) is 0 Å². The molecule has 0 radical (unpaired) electrons. The quantitative estimate of drug-likeness (QED) is 0.847. The summed E-state index contributed by atoms with van der Waals surface area (Å²) in [6, 6.07) is 3.99. The Morgan fingerprint density at radius 2 is 2.07 bits per heavy atom. The highest BCUT2D eigenvalue weighted by Gasteiger charge is 2.06. The number of anilines is 1. The Kier molecular flexibility index (Phi) is 2.37. The summed E-state index contributed by atoms with van der Waals surface area (Å²) in [4.78, 5) is 8.40. The van der Waals surface area contributed by atoms with Crippen LogP contribution in [0.4, 0.5) is 5.82 Å². The number of fused-ring (bicyclic) bond motifs is 1. The number of nitrogens with zero attached hydrogens (tertiary/aromatic N) is 2. The first-order chi connectivity index (χ1) is 6.74. The van der Waals surface area contributed by atoms with Gasteiger partial charge in [-0.25, -0.2) is 9.97 Å². The molecule has 0 aliphatic carbocycles. The van der Waals surface area contributed by atoms with Crippen molar-refractivity contribution in [3.8, 4) is 0 Å². The van der Waals surface area contributed by atoms with Gasteiger partial charge in [-0.1, -0.05) is 15.9 Å². The first-order valence-corrected chi connectivity index (χ1v) is 5.11. The van der Waals surface area contributed by atoms with E-state index < -0.39 is 0 Å². The van der Waals surface area contributed by atoms with Crippen LogP contribution in [0.5, 0.6) is 0 Å². The zero-order valence-electron chi connectivity index (χ0n) is 8.00. The summed E-state index contributed by atoms with van der Waals surface area (Å²) >= 11 is 3.50. The van der Waals surface area contributed by atoms with Gasteiger partial charge >= 0.3 is 0 Å². The molecule has 4 heteroatoms. The topological polar surface area (TPSA) is 37.8 Å². The largest absolute Gasteiger partial charge is 0.373 e. The van der Waals surface area contributed by atoms with Crippen LogP contribution in [-0.4, -0.2) is 17.0 Å². The molecule has 3 nitrogen and oxygen atoms in total. The molecule has 1 heterocycles. The molecule has 0 spiro atoms. The molecule has 1 aromatic heterocycles. The van der Waals surface area contributed by atoms with Crippen molar-refractivity contribution in [3.63, 3.8) is 0 Å². The van der Waals surface area contributed by atoms with Crippen LogP contribution in [0.1, 0.15) is 5.56 Å². The van der Waals surface area contributed by atoms with Gasteiger partial charge in [-0.15, -0.1) is 0 Å². The molecule has 2 aromatic rings. The maximum atomic E-state index is 4.22. The number of aryl methyl sites for hydroxylation is 1. The number of aromatic nitrogens is 2. The molecule has 0 unspecified atom stereocenters. The third-order valence-electron chi connectivity index (χ3n) is 2.23. The first-order valence-electron chi connectivity index (χ1n) is 4.31. The summed E-state index contributed by atoms with van der Waals surface area (Å²) in [5, 5.41) is 4.14. The van der Waals surface area contributed by atoms with Gasteiger partial charge in [0, 0.05) is 16.9 Å². The molecule has 0 aliphatic rings. The normalized spacial score (nSPS) is 10.5. The van der Waals surface area contributed by atoms with Crippen molar-refractivity contribution >= 4 is 32.7 Å². The number of hydrogen-bond acceptors (Lipinski definition) is 3. The van der Waals surface area contributed by atoms with Crippen LogP contribution in [0.2, 0.25) is 0 Å². The van der Waals surface area contributed by atoms with Gasteiger partial charge in [0.25, 0.3) is 0 Å². The van der Waals surface area contributed by atoms with E-state index in [0.717, 1.165) is 26.8 Å². The van der Waals surface area contributed by atoms with Gasteiger partial charge in [0.1, 0.15) is 12.1 Å². The number of rotatable bonds is 1. The minimum atomic E-state index is 0.869. The second kappa shape index (κ2) is 3.53. The molecule has 0 fully saturated rings. The number of hydrogen-bond donors (Lipinski definition) is 1. The van der Waals surface area contributed by atoms with Crippen molar-refractivity contribution in [1.82, 2.24) is 9.97 Å². The number of nitrogens with one attached hydrogen (secondary N) is 1. The second-order valence-corrected chi connectivity index (χ2v) is 3.89. The summed E-state index contributed by atoms with van der Waals surface area (Å²) in [5.41, 5.74) is 2.12. The average Bonchev–Trinajstić information content (AvgIpc) is 2.23. The Morgan fingerprint density at radius 3 is 2.79 bits per heavy atom. The molecule has 1 N–H and O–H groups in total. The maximum Gasteiger partial charge on any atom is 0.137 e. The Balaban J connectivity index is 2.89. The molecule has 2 rings (SSSR count). The minimum absolute atomic E-state index is 0.869. The molecule has 0 amide bonds. The van der Waals surface area contributed by atoms with Gasteiger partial charge in [0.05, 0.1) is 5.52 Å². The third-order valence-corrected chi connectivity index (χ3v) is 3.09. The SMILES string of the molecule is CNc1ncnc2ccc(Br)c(C)c12. The smallest absolute Gasteiger partial charge is 0.137 e. The van der Waals surface area contributed by atoms with E-state index in [9.17, 15) is 0 Å². The van der Waals surface area contributed by atoms with Crippen molar-refractivity contribution in [2.24, 2.45) is 0 Å². The Labute approximate surface area is 90.7 Å². The fourth-order valence-electron chi connectivity index (χ4n) is 1.48. The lowest BCUT2D eigenvalue weighted by molar-refractivity contribution is 1.20. The van der Waals surface area contributed by atoms with Crippen LogP contribution >= 0.6 is 15.9 Å². The lowest BCUT2D eigenvalue weighted by Gasteiger charge is -2.07. The van der Waals surface area contributed by atoms with Crippen LogP contribution in [0, 0.1) is 6.92 Å². The van der Waals surface area contributed by atoms with Crippen LogP contribution in [0.15, 0.2) is 22.9 Å². The predicted octanol–water partition coefficient (Wildman–Crippen LogP) is 2.74. The highest BCUT2D eigenvalue weighted by atomic mass is 79.9. The van der Waals surface area contributed by atoms with E-state index in [1.54, 1.807) is 6.33 Å². The Bertz CT molecular complexity index is 482. The molecule has 72 valence electrons. The Morgan fingerprint density at radius 1 is 1.29 bits per heavy atom. The lowest BCUT2D eigenvalue weighted by Crippen LogP contribution is -1.96. The van der Waals surface area contributed by atoms with Crippen molar-refractivity contribution in [3.05, 3.63) is 28.5 Å². The van der Waals surface area contributed by atoms with Gasteiger partial charge < -0.3 is 5.32 Å². The predicted molar refractivity (Wildman–Crippen MR) is 61.5 cm³/mol. The van der Waals surface area contributed by atoms with Crippen LogP contribution in [0.25, 0.3) is 10.9 Å². The van der Waals surface area contributed by atoms with Crippen molar-refractivity contribution in [1.29, 1.82) is 0 Å². The van der Waals surface area contributed by atoms with Crippen molar-refractivity contribution in [2.45, 2.75) is 6.92 Å². The zero-order valence-corrected chi connectivity index (χ0v) is 9.59. The highest BCUT2D eigenvalue weighted by Crippen LogP contribution is 2.28. The standard InChI is InChI=1S/C10H10BrN3/c1-6-7(11)3-4-8-9(6)10(12-2)14-5-13-8/h3-5H,1-2H3,(H,12,13,14). The number of halogens is 1. The summed E-state index contributed by atoms with van der Waals surface area (Å²) in [5.74, 6) is 0.869. The summed E-state index contributed by atoms with van der Waals surface area (Å²) in [7, 11) is 1.86. The Hall–Kier alpha value is -1.16. The minimum Gasteiger partial charge on any atom is -0.373 e. The summed E-state index contributed by atoms with van der Waals surface area (Å²) < 4.78 is 1.08. The molecule has 14 heavy (non-hydrogen) atoms.